The van der Waals surface area contributed by atoms with Crippen LogP contribution in [0, 0.1) is 17.2 Å². The molecule has 0 spiro atoms. The maximum atomic E-state index is 12.1. The fraction of sp³-hybridized carbons (Fsp3) is 0.250. The third-order valence-corrected chi connectivity index (χ3v) is 6.74. The molecular formula is C24H19ClN2O4. The second-order valence-corrected chi connectivity index (χ2v) is 8.41. The van der Waals surface area contributed by atoms with Crippen molar-refractivity contribution < 1.29 is 20.1 Å². The van der Waals surface area contributed by atoms with E-state index in [0.717, 1.165) is 5.56 Å². The second kappa shape index (κ2) is 7.04. The number of benzene rings is 2. The largest absolute Gasteiger partial charge is 0.476 e. The summed E-state index contributed by atoms with van der Waals surface area (Å²) >= 11 is 6.14. The average Bonchev–Trinajstić information content (AvgIpc) is 3.16. The number of ether oxygens (including phenoxy) is 1. The highest BCUT2D eigenvalue weighted by molar-refractivity contribution is 6.30. The van der Waals surface area contributed by atoms with Crippen LogP contribution in [-0.4, -0.2) is 33.0 Å². The van der Waals surface area contributed by atoms with Crippen LogP contribution in [-0.2, 0) is 11.2 Å². The van der Waals surface area contributed by atoms with Crippen molar-refractivity contribution >= 4 is 11.6 Å². The number of halogens is 1. The monoisotopic (exact) mass is 434 g/mol. The number of nitrogens with zero attached hydrogens (tertiary/aromatic N) is 2. The molecule has 2 aliphatic rings. The van der Waals surface area contributed by atoms with Gasteiger partial charge in [-0.3, -0.25) is 4.98 Å². The molecule has 0 unspecified atom stereocenters. The highest BCUT2D eigenvalue weighted by Crippen LogP contribution is 2.67. The summed E-state index contributed by atoms with van der Waals surface area (Å²) < 4.78 is 6.48. The first-order valence-corrected chi connectivity index (χ1v) is 10.3. The molecule has 0 radical (unpaired) electrons. The van der Waals surface area contributed by atoms with Crippen molar-refractivity contribution in [2.45, 2.75) is 23.2 Å². The predicted molar refractivity (Wildman–Crippen MR) is 112 cm³/mol. The van der Waals surface area contributed by atoms with E-state index in [-0.39, 0.29) is 18.1 Å². The van der Waals surface area contributed by atoms with Gasteiger partial charge in [-0.15, -0.1) is 0 Å². The van der Waals surface area contributed by atoms with Crippen LogP contribution >= 0.6 is 11.6 Å². The molecule has 156 valence electrons. The quantitative estimate of drug-likeness (QED) is 0.585. The normalized spacial score (nSPS) is 30.9. The van der Waals surface area contributed by atoms with Crippen molar-refractivity contribution in [1.29, 1.82) is 5.26 Å². The molecule has 1 aliphatic carbocycles. The molecule has 0 amide bonds. The van der Waals surface area contributed by atoms with E-state index in [1.807, 2.05) is 30.3 Å². The Morgan fingerprint density at radius 1 is 1.13 bits per heavy atom. The Balaban J connectivity index is 1.84. The van der Waals surface area contributed by atoms with Gasteiger partial charge in [-0.1, -0.05) is 54.1 Å². The summed E-state index contributed by atoms with van der Waals surface area (Å²) in [5.74, 6) is -1.07. The van der Waals surface area contributed by atoms with Crippen molar-refractivity contribution in [1.82, 2.24) is 4.98 Å². The summed E-state index contributed by atoms with van der Waals surface area (Å²) in [5.41, 5.74) is -1.46. The molecule has 0 bridgehead atoms. The Labute approximate surface area is 184 Å². The number of hydrogen-bond acceptors (Lipinski definition) is 6. The molecule has 1 aromatic heterocycles. The zero-order valence-electron chi connectivity index (χ0n) is 16.3. The minimum absolute atomic E-state index is 0.172. The molecule has 31 heavy (non-hydrogen) atoms. The molecule has 0 saturated heterocycles. The maximum absolute atomic E-state index is 12.1. The molecule has 1 saturated carbocycles. The van der Waals surface area contributed by atoms with E-state index >= 15 is 0 Å². The lowest BCUT2D eigenvalue weighted by molar-refractivity contribution is -0.154. The van der Waals surface area contributed by atoms with Crippen molar-refractivity contribution in [3.63, 3.8) is 0 Å². The van der Waals surface area contributed by atoms with Crippen LogP contribution in [0.25, 0.3) is 0 Å². The highest BCUT2D eigenvalue weighted by atomic mass is 35.5. The van der Waals surface area contributed by atoms with Crippen molar-refractivity contribution in [3.05, 3.63) is 94.3 Å². The fourth-order valence-electron chi connectivity index (χ4n) is 5.26. The van der Waals surface area contributed by atoms with Crippen LogP contribution in [0.15, 0.2) is 66.9 Å². The first-order chi connectivity index (χ1) is 15.0. The summed E-state index contributed by atoms with van der Waals surface area (Å²) in [4.78, 5) is 4.32. The molecule has 2 aromatic carbocycles. The van der Waals surface area contributed by atoms with Gasteiger partial charge in [-0.25, -0.2) is 0 Å². The van der Waals surface area contributed by atoms with Gasteiger partial charge >= 0.3 is 0 Å². The van der Waals surface area contributed by atoms with E-state index in [1.54, 1.807) is 30.3 Å². The summed E-state index contributed by atoms with van der Waals surface area (Å²) in [6.45, 7) is -0.368. The molecule has 1 aliphatic heterocycles. The Hall–Kier alpha value is -2.95. The van der Waals surface area contributed by atoms with Crippen LogP contribution in [0.3, 0.4) is 0 Å². The smallest absolute Gasteiger partial charge is 0.181 e. The van der Waals surface area contributed by atoms with E-state index in [9.17, 15) is 20.6 Å². The summed E-state index contributed by atoms with van der Waals surface area (Å²) in [5, 5.41) is 43.4. The second-order valence-electron chi connectivity index (χ2n) is 7.97. The van der Waals surface area contributed by atoms with Crippen molar-refractivity contribution in [2.75, 3.05) is 6.61 Å². The van der Waals surface area contributed by atoms with Crippen LogP contribution in [0.5, 0.6) is 5.75 Å². The Morgan fingerprint density at radius 2 is 1.84 bits per heavy atom. The summed E-state index contributed by atoms with van der Waals surface area (Å²) in [6, 6.07) is 19.7. The lowest BCUT2D eigenvalue weighted by atomic mass is 9.71. The van der Waals surface area contributed by atoms with E-state index < -0.39 is 29.1 Å². The number of aromatic nitrogens is 1. The SMILES string of the molecule is N#Cc1ccc([C@]23Oc4cc(Cl)cnc4[C@]2(O)[C@@H](O)[C@H](CO)[C@H]3c2ccccc2)cc1. The van der Waals surface area contributed by atoms with Gasteiger partial charge in [0.05, 0.1) is 22.8 Å². The standard InChI is InChI=1S/C24H19ClN2O4/c25-17-10-19-21(27-12-17)23(30)22(29)18(13-28)20(15-4-2-1-3-5-15)24(23,31-19)16-8-6-14(11-26)7-9-16/h1-10,12,18,20,22,28-30H,13H2/t18-,20-,22+,23+,24-/m1/s1. The van der Waals surface area contributed by atoms with Gasteiger partial charge in [0, 0.05) is 30.7 Å². The van der Waals surface area contributed by atoms with Crippen molar-refractivity contribution in [2.24, 2.45) is 5.92 Å². The molecule has 5 rings (SSSR count). The number of rotatable bonds is 3. The first-order valence-electron chi connectivity index (χ1n) is 9.89. The zero-order valence-corrected chi connectivity index (χ0v) is 17.1. The highest BCUT2D eigenvalue weighted by Gasteiger charge is 2.76. The number of aliphatic hydroxyl groups is 3. The van der Waals surface area contributed by atoms with Gasteiger partial charge in [-0.05, 0) is 23.3 Å². The third-order valence-electron chi connectivity index (χ3n) is 6.53. The van der Waals surface area contributed by atoms with Crippen molar-refractivity contribution in [3.8, 4) is 11.8 Å². The molecule has 3 N–H and O–H groups in total. The maximum Gasteiger partial charge on any atom is 0.181 e. The molecule has 3 aromatic rings. The number of fused-ring (bicyclic) bond motifs is 3. The minimum Gasteiger partial charge on any atom is -0.476 e. The van der Waals surface area contributed by atoms with E-state index in [1.165, 1.54) is 6.20 Å². The lowest BCUT2D eigenvalue weighted by Gasteiger charge is -2.40. The molecule has 6 nitrogen and oxygen atoms in total. The van der Waals surface area contributed by atoms with E-state index in [0.29, 0.717) is 16.1 Å². The van der Waals surface area contributed by atoms with E-state index in [2.05, 4.69) is 11.1 Å². The average molecular weight is 435 g/mol. The molecule has 7 heteroatoms. The van der Waals surface area contributed by atoms with Gasteiger partial charge in [-0.2, -0.15) is 5.26 Å². The van der Waals surface area contributed by atoms with Crippen LogP contribution in [0.1, 0.15) is 28.3 Å². The number of nitriles is 1. The summed E-state index contributed by atoms with van der Waals surface area (Å²) in [7, 11) is 0. The Morgan fingerprint density at radius 3 is 2.48 bits per heavy atom. The van der Waals surface area contributed by atoms with Gasteiger partial charge in [0.1, 0.15) is 11.4 Å². The minimum atomic E-state index is -1.95. The molecule has 5 atom stereocenters. The molecular weight excluding hydrogens is 416 g/mol. The third kappa shape index (κ3) is 2.52. The number of pyridine rings is 1. The predicted octanol–water partition coefficient (Wildman–Crippen LogP) is 2.85. The van der Waals surface area contributed by atoms with Gasteiger partial charge in [0.15, 0.2) is 11.2 Å². The molecule has 1 fully saturated rings. The first kappa shape index (κ1) is 20.0. The van der Waals surface area contributed by atoms with Crippen LogP contribution < -0.4 is 4.74 Å². The Bertz CT molecular complexity index is 1180. The van der Waals surface area contributed by atoms with Gasteiger partial charge < -0.3 is 20.1 Å². The van der Waals surface area contributed by atoms with Gasteiger partial charge in [0.25, 0.3) is 0 Å². The Kier molecular flexibility index (Phi) is 4.54. The lowest BCUT2D eigenvalue weighted by Crippen LogP contribution is -2.52. The fourth-order valence-corrected chi connectivity index (χ4v) is 5.41. The van der Waals surface area contributed by atoms with Crippen LogP contribution in [0.4, 0.5) is 0 Å². The topological polar surface area (TPSA) is 107 Å². The number of hydrogen-bond donors (Lipinski definition) is 3. The summed E-state index contributed by atoms with van der Waals surface area (Å²) in [6.07, 6.45) is 0.0286. The van der Waals surface area contributed by atoms with Gasteiger partial charge in [0.2, 0.25) is 0 Å². The number of aliphatic hydroxyl groups excluding tert-OH is 2. The molecule has 2 heterocycles. The van der Waals surface area contributed by atoms with Crippen LogP contribution in [0.2, 0.25) is 5.02 Å². The zero-order chi connectivity index (χ0) is 21.8. The van der Waals surface area contributed by atoms with E-state index in [4.69, 9.17) is 16.3 Å².